The molecule has 1 nitrogen and oxygen atoms in total. The van der Waals surface area contributed by atoms with Crippen LogP contribution in [-0.4, -0.2) is 0 Å². The molecular weight excluding hydrogens is 278 g/mol. The van der Waals surface area contributed by atoms with Gasteiger partial charge in [0.2, 0.25) is 0 Å². The summed E-state index contributed by atoms with van der Waals surface area (Å²) in [6.07, 6.45) is 0. The summed E-state index contributed by atoms with van der Waals surface area (Å²) in [5.41, 5.74) is 10.7. The number of nitrogens with one attached hydrogen (secondary N) is 1. The number of aryl methyl sites for hydroxylation is 4. The Morgan fingerprint density at radius 1 is 0.609 bits per heavy atom. The van der Waals surface area contributed by atoms with Crippen molar-refractivity contribution < 1.29 is 0 Å². The van der Waals surface area contributed by atoms with Gasteiger partial charge in [-0.25, -0.2) is 0 Å². The SMILES string of the molecule is Cc1cc(C)c(Nc2c(C)cc(C)cc2C(C)C)c(C(C)C)c1. The van der Waals surface area contributed by atoms with E-state index in [0.717, 1.165) is 0 Å². The van der Waals surface area contributed by atoms with Gasteiger partial charge in [0, 0.05) is 11.4 Å². The zero-order valence-corrected chi connectivity index (χ0v) is 16.0. The van der Waals surface area contributed by atoms with Gasteiger partial charge < -0.3 is 5.32 Å². The minimum absolute atomic E-state index is 0.504. The second-order valence-electron chi connectivity index (χ2n) is 7.53. The van der Waals surface area contributed by atoms with E-state index in [0.29, 0.717) is 11.8 Å². The highest BCUT2D eigenvalue weighted by Gasteiger charge is 2.15. The Morgan fingerprint density at radius 3 is 1.26 bits per heavy atom. The molecule has 2 aromatic carbocycles. The third-order valence-electron chi connectivity index (χ3n) is 4.51. The van der Waals surface area contributed by atoms with E-state index in [4.69, 9.17) is 0 Å². The molecule has 2 rings (SSSR count). The first-order valence-electron chi connectivity index (χ1n) is 8.70. The Kier molecular flexibility index (Phi) is 5.19. The van der Waals surface area contributed by atoms with Crippen molar-refractivity contribution in [1.82, 2.24) is 0 Å². The summed E-state index contributed by atoms with van der Waals surface area (Å²) in [5.74, 6) is 1.01. The van der Waals surface area contributed by atoms with E-state index in [1.165, 1.54) is 44.8 Å². The van der Waals surface area contributed by atoms with E-state index in [2.05, 4.69) is 85.0 Å². The molecule has 0 atom stereocenters. The first-order chi connectivity index (χ1) is 10.7. The van der Waals surface area contributed by atoms with Crippen molar-refractivity contribution in [3.63, 3.8) is 0 Å². The monoisotopic (exact) mass is 309 g/mol. The summed E-state index contributed by atoms with van der Waals surface area (Å²) < 4.78 is 0. The molecule has 0 aliphatic carbocycles. The lowest BCUT2D eigenvalue weighted by Gasteiger charge is -2.23. The van der Waals surface area contributed by atoms with Crippen LogP contribution in [0.3, 0.4) is 0 Å². The fourth-order valence-electron chi connectivity index (χ4n) is 3.38. The van der Waals surface area contributed by atoms with Crippen LogP contribution in [0.1, 0.15) is 72.9 Å². The molecule has 1 N–H and O–H groups in total. The van der Waals surface area contributed by atoms with Gasteiger partial charge in [-0.1, -0.05) is 63.1 Å². The maximum atomic E-state index is 3.79. The number of rotatable bonds is 4. The van der Waals surface area contributed by atoms with E-state index in [9.17, 15) is 0 Å². The third kappa shape index (κ3) is 3.77. The lowest BCUT2D eigenvalue weighted by molar-refractivity contribution is 0.858. The zero-order chi connectivity index (χ0) is 17.3. The normalized spacial score (nSPS) is 11.4. The minimum atomic E-state index is 0.504. The number of benzene rings is 2. The molecule has 0 bridgehead atoms. The largest absolute Gasteiger partial charge is 0.355 e. The van der Waals surface area contributed by atoms with Crippen molar-refractivity contribution in [2.24, 2.45) is 0 Å². The van der Waals surface area contributed by atoms with Crippen LogP contribution in [0.5, 0.6) is 0 Å². The predicted octanol–water partition coefficient (Wildman–Crippen LogP) is 6.91. The summed E-state index contributed by atoms with van der Waals surface area (Å²) >= 11 is 0. The Bertz CT molecular complexity index is 647. The topological polar surface area (TPSA) is 12.0 Å². The highest BCUT2D eigenvalue weighted by atomic mass is 14.9. The Balaban J connectivity index is 2.60. The van der Waals surface area contributed by atoms with Crippen molar-refractivity contribution in [3.05, 3.63) is 57.6 Å². The maximum absolute atomic E-state index is 3.79. The molecule has 0 radical (unpaired) electrons. The van der Waals surface area contributed by atoms with Crippen LogP contribution in [0.25, 0.3) is 0 Å². The van der Waals surface area contributed by atoms with Crippen LogP contribution in [0.4, 0.5) is 11.4 Å². The van der Waals surface area contributed by atoms with Gasteiger partial charge in [0.15, 0.2) is 0 Å². The van der Waals surface area contributed by atoms with Gasteiger partial charge in [-0.2, -0.15) is 0 Å². The lowest BCUT2D eigenvalue weighted by atomic mass is 9.93. The summed E-state index contributed by atoms with van der Waals surface area (Å²) in [6, 6.07) is 9.18. The zero-order valence-electron chi connectivity index (χ0n) is 16.0. The Morgan fingerprint density at radius 2 is 0.957 bits per heavy atom. The molecule has 0 saturated heterocycles. The van der Waals surface area contributed by atoms with Gasteiger partial charge in [-0.05, 0) is 61.8 Å². The van der Waals surface area contributed by atoms with Crippen LogP contribution in [0, 0.1) is 27.7 Å². The van der Waals surface area contributed by atoms with Gasteiger partial charge in [-0.15, -0.1) is 0 Å². The minimum Gasteiger partial charge on any atom is -0.355 e. The molecule has 124 valence electrons. The molecule has 0 heterocycles. The second kappa shape index (κ2) is 6.78. The molecule has 1 heteroatoms. The van der Waals surface area contributed by atoms with Gasteiger partial charge in [0.05, 0.1) is 0 Å². The second-order valence-corrected chi connectivity index (χ2v) is 7.53. The molecule has 0 saturated carbocycles. The van der Waals surface area contributed by atoms with E-state index in [1.54, 1.807) is 0 Å². The molecule has 0 fully saturated rings. The molecule has 0 amide bonds. The fourth-order valence-corrected chi connectivity index (χ4v) is 3.38. The van der Waals surface area contributed by atoms with E-state index in [-0.39, 0.29) is 0 Å². The first kappa shape index (κ1) is 17.6. The summed E-state index contributed by atoms with van der Waals surface area (Å²) in [4.78, 5) is 0. The fraction of sp³-hybridized carbons (Fsp3) is 0.455. The van der Waals surface area contributed by atoms with Gasteiger partial charge in [-0.3, -0.25) is 0 Å². The molecule has 23 heavy (non-hydrogen) atoms. The summed E-state index contributed by atoms with van der Waals surface area (Å²) in [6.45, 7) is 17.9. The predicted molar refractivity (Wildman–Crippen MR) is 103 cm³/mol. The number of hydrogen-bond donors (Lipinski definition) is 1. The smallest absolute Gasteiger partial charge is 0.0449 e. The molecule has 0 aliphatic rings. The Hall–Kier alpha value is -1.76. The average Bonchev–Trinajstić information content (AvgIpc) is 2.42. The summed E-state index contributed by atoms with van der Waals surface area (Å²) in [5, 5.41) is 3.79. The standard InChI is InChI=1S/C22H31N/c1-13(2)19-11-15(5)9-17(7)21(19)23-22-18(8)10-16(6)12-20(22)14(3)4/h9-14,23H,1-8H3. The van der Waals surface area contributed by atoms with E-state index >= 15 is 0 Å². The molecule has 0 spiro atoms. The highest BCUT2D eigenvalue weighted by Crippen LogP contribution is 2.36. The van der Waals surface area contributed by atoms with Crippen molar-refractivity contribution in [1.29, 1.82) is 0 Å². The first-order valence-corrected chi connectivity index (χ1v) is 8.70. The highest BCUT2D eigenvalue weighted by molar-refractivity contribution is 5.73. The van der Waals surface area contributed by atoms with Gasteiger partial charge in [0.25, 0.3) is 0 Å². The van der Waals surface area contributed by atoms with Crippen LogP contribution in [0.2, 0.25) is 0 Å². The number of anilines is 2. The third-order valence-corrected chi connectivity index (χ3v) is 4.51. The van der Waals surface area contributed by atoms with E-state index in [1.807, 2.05) is 0 Å². The van der Waals surface area contributed by atoms with Crippen LogP contribution < -0.4 is 5.32 Å². The Labute approximate surface area is 142 Å². The van der Waals surface area contributed by atoms with Gasteiger partial charge >= 0.3 is 0 Å². The molecule has 0 aromatic heterocycles. The van der Waals surface area contributed by atoms with Crippen molar-refractivity contribution in [3.8, 4) is 0 Å². The van der Waals surface area contributed by atoms with Crippen LogP contribution >= 0.6 is 0 Å². The van der Waals surface area contributed by atoms with Crippen molar-refractivity contribution in [2.75, 3.05) is 5.32 Å². The van der Waals surface area contributed by atoms with Gasteiger partial charge in [0.1, 0.15) is 0 Å². The van der Waals surface area contributed by atoms with Crippen molar-refractivity contribution in [2.45, 2.75) is 67.2 Å². The quantitative estimate of drug-likeness (QED) is 0.647. The van der Waals surface area contributed by atoms with E-state index < -0.39 is 0 Å². The molecule has 0 unspecified atom stereocenters. The maximum Gasteiger partial charge on any atom is 0.0449 e. The molecule has 0 aliphatic heterocycles. The van der Waals surface area contributed by atoms with Crippen molar-refractivity contribution >= 4 is 11.4 Å². The van der Waals surface area contributed by atoms with Crippen LogP contribution in [-0.2, 0) is 0 Å². The lowest BCUT2D eigenvalue weighted by Crippen LogP contribution is -2.06. The average molecular weight is 309 g/mol. The van der Waals surface area contributed by atoms with Crippen LogP contribution in [0.15, 0.2) is 24.3 Å². The molecule has 2 aromatic rings. The summed E-state index contributed by atoms with van der Waals surface area (Å²) in [7, 11) is 0. The molecular formula is C22H31N. The number of hydrogen-bond acceptors (Lipinski definition) is 1.